The van der Waals surface area contributed by atoms with Gasteiger partial charge >= 0.3 is 0 Å². The molecule has 0 radical (unpaired) electrons. The molecule has 104 valence electrons. The number of allylic oxidation sites excluding steroid dienone is 1. The number of para-hydroxylation sites is 1. The summed E-state index contributed by atoms with van der Waals surface area (Å²) in [5.41, 5.74) is 2.51. The van der Waals surface area contributed by atoms with Crippen molar-refractivity contribution in [2.75, 3.05) is 0 Å². The highest BCUT2D eigenvalue weighted by atomic mass is 16.6. The van der Waals surface area contributed by atoms with Crippen molar-refractivity contribution < 1.29 is 9.34 Å². The molecule has 1 aromatic heterocycles. The molecule has 0 spiro atoms. The molecular formula is C17H13NO3. The summed E-state index contributed by atoms with van der Waals surface area (Å²) in [4.78, 5) is 10.9. The van der Waals surface area contributed by atoms with Crippen LogP contribution in [0.3, 0.4) is 0 Å². The fourth-order valence-corrected chi connectivity index (χ4v) is 2.26. The maximum atomic E-state index is 11.3. The first-order valence-corrected chi connectivity index (χ1v) is 6.59. The highest BCUT2D eigenvalue weighted by Gasteiger charge is 2.14. The summed E-state index contributed by atoms with van der Waals surface area (Å²) in [7, 11) is 0. The van der Waals surface area contributed by atoms with Crippen LogP contribution in [0.2, 0.25) is 0 Å². The molecule has 2 aromatic carbocycles. The monoisotopic (exact) mass is 279 g/mol. The Balaban J connectivity index is 1.99. The van der Waals surface area contributed by atoms with E-state index in [1.165, 1.54) is 0 Å². The van der Waals surface area contributed by atoms with E-state index in [1.54, 1.807) is 12.3 Å². The predicted octanol–water partition coefficient (Wildman–Crippen LogP) is 4.29. The molecule has 4 heteroatoms. The van der Waals surface area contributed by atoms with Gasteiger partial charge < -0.3 is 4.42 Å². The average molecular weight is 279 g/mol. The van der Waals surface area contributed by atoms with Gasteiger partial charge in [0.25, 0.3) is 5.70 Å². The van der Waals surface area contributed by atoms with Gasteiger partial charge in [-0.2, -0.15) is 0 Å². The van der Waals surface area contributed by atoms with Crippen molar-refractivity contribution in [1.82, 2.24) is 0 Å². The topological polar surface area (TPSA) is 56.3 Å². The number of nitro groups is 1. The zero-order valence-corrected chi connectivity index (χ0v) is 11.2. The normalized spacial score (nSPS) is 11.7. The lowest BCUT2D eigenvalue weighted by Crippen LogP contribution is -2.02. The highest BCUT2D eigenvalue weighted by molar-refractivity contribution is 5.87. The van der Waals surface area contributed by atoms with Gasteiger partial charge in [-0.1, -0.05) is 48.5 Å². The van der Waals surface area contributed by atoms with Crippen LogP contribution in [0, 0.1) is 10.1 Å². The number of hydrogen-bond donors (Lipinski definition) is 0. The van der Waals surface area contributed by atoms with Crippen LogP contribution in [0.5, 0.6) is 0 Å². The Morgan fingerprint density at radius 1 is 1.10 bits per heavy atom. The minimum absolute atomic E-state index is 0.146. The number of fused-ring (bicyclic) bond motifs is 1. The third kappa shape index (κ3) is 2.84. The van der Waals surface area contributed by atoms with Gasteiger partial charge in [0.05, 0.1) is 17.6 Å². The standard InChI is InChI=1S/C17H13NO3/c19-18(20)15(10-13-6-2-1-3-7-13)11-14-12-21-17-9-5-4-8-16(14)17/h1-9,11-12H,10H2/b15-11+. The van der Waals surface area contributed by atoms with Crippen molar-refractivity contribution in [2.24, 2.45) is 0 Å². The number of hydrogen-bond acceptors (Lipinski definition) is 3. The molecule has 0 N–H and O–H groups in total. The second-order valence-electron chi connectivity index (χ2n) is 4.74. The van der Waals surface area contributed by atoms with Crippen molar-refractivity contribution >= 4 is 17.0 Å². The Morgan fingerprint density at radius 3 is 2.57 bits per heavy atom. The molecule has 21 heavy (non-hydrogen) atoms. The van der Waals surface area contributed by atoms with Gasteiger partial charge in [0.1, 0.15) is 5.58 Å². The molecule has 0 fully saturated rings. The lowest BCUT2D eigenvalue weighted by molar-refractivity contribution is -0.425. The molecule has 0 aliphatic carbocycles. The first-order chi connectivity index (χ1) is 10.2. The average Bonchev–Trinajstić information content (AvgIpc) is 2.91. The Kier molecular flexibility index (Phi) is 3.51. The first kappa shape index (κ1) is 13.1. The summed E-state index contributed by atoms with van der Waals surface area (Å²) in [5, 5.41) is 12.2. The molecule has 0 bridgehead atoms. The van der Waals surface area contributed by atoms with E-state index in [9.17, 15) is 10.1 Å². The van der Waals surface area contributed by atoms with Crippen molar-refractivity contribution in [3.63, 3.8) is 0 Å². The maximum absolute atomic E-state index is 11.3. The van der Waals surface area contributed by atoms with Crippen LogP contribution in [0.15, 0.2) is 71.0 Å². The van der Waals surface area contributed by atoms with E-state index in [2.05, 4.69) is 0 Å². The van der Waals surface area contributed by atoms with Crippen molar-refractivity contribution in [1.29, 1.82) is 0 Å². The second kappa shape index (κ2) is 5.63. The van der Waals surface area contributed by atoms with Crippen molar-refractivity contribution in [3.05, 3.63) is 87.8 Å². The zero-order chi connectivity index (χ0) is 14.7. The summed E-state index contributed by atoms with van der Waals surface area (Å²) in [6.07, 6.45) is 3.42. The van der Waals surface area contributed by atoms with Gasteiger partial charge in [-0.05, 0) is 11.6 Å². The lowest BCUT2D eigenvalue weighted by atomic mass is 10.1. The van der Waals surface area contributed by atoms with E-state index in [1.807, 2.05) is 54.6 Å². The Labute approximate surface area is 121 Å². The molecule has 0 atom stereocenters. The summed E-state index contributed by atoms with van der Waals surface area (Å²) in [6.45, 7) is 0. The number of benzene rings is 2. The molecule has 3 rings (SSSR count). The Bertz CT molecular complexity index is 803. The van der Waals surface area contributed by atoms with E-state index in [-0.39, 0.29) is 17.0 Å². The molecule has 0 saturated carbocycles. The minimum atomic E-state index is -0.339. The van der Waals surface area contributed by atoms with Crippen LogP contribution < -0.4 is 0 Å². The Hall–Kier alpha value is -2.88. The number of furan rings is 1. The van der Waals surface area contributed by atoms with E-state index in [0.29, 0.717) is 0 Å². The van der Waals surface area contributed by atoms with E-state index < -0.39 is 0 Å². The molecule has 0 saturated heterocycles. The van der Waals surface area contributed by atoms with Gasteiger partial charge in [0.15, 0.2) is 0 Å². The van der Waals surface area contributed by atoms with Crippen LogP contribution in [-0.4, -0.2) is 4.92 Å². The third-order valence-electron chi connectivity index (χ3n) is 3.30. The quantitative estimate of drug-likeness (QED) is 0.528. The maximum Gasteiger partial charge on any atom is 0.251 e. The van der Waals surface area contributed by atoms with E-state index in [4.69, 9.17) is 4.42 Å². The van der Waals surface area contributed by atoms with Crippen LogP contribution >= 0.6 is 0 Å². The second-order valence-corrected chi connectivity index (χ2v) is 4.74. The van der Waals surface area contributed by atoms with Gasteiger partial charge in [-0.15, -0.1) is 0 Å². The first-order valence-electron chi connectivity index (χ1n) is 6.59. The summed E-state index contributed by atoms with van der Waals surface area (Å²) in [6, 6.07) is 16.9. The molecule has 4 nitrogen and oxygen atoms in total. The molecule has 0 aliphatic rings. The van der Waals surface area contributed by atoms with Gasteiger partial charge in [-0.25, -0.2) is 0 Å². The summed E-state index contributed by atoms with van der Waals surface area (Å²) in [5.74, 6) is 0. The lowest BCUT2D eigenvalue weighted by Gasteiger charge is -1.99. The third-order valence-corrected chi connectivity index (χ3v) is 3.30. The summed E-state index contributed by atoms with van der Waals surface area (Å²) < 4.78 is 5.41. The molecule has 0 aliphatic heterocycles. The van der Waals surface area contributed by atoms with Crippen LogP contribution in [0.25, 0.3) is 17.0 Å². The number of nitrogens with zero attached hydrogens (tertiary/aromatic N) is 1. The zero-order valence-electron chi connectivity index (χ0n) is 11.2. The Morgan fingerprint density at radius 2 is 1.81 bits per heavy atom. The predicted molar refractivity (Wildman–Crippen MR) is 81.3 cm³/mol. The van der Waals surface area contributed by atoms with Gasteiger partial charge in [-0.3, -0.25) is 10.1 Å². The van der Waals surface area contributed by atoms with Gasteiger partial charge in [0.2, 0.25) is 0 Å². The molecule has 0 amide bonds. The smallest absolute Gasteiger partial charge is 0.251 e. The molecular weight excluding hydrogens is 266 g/mol. The van der Waals surface area contributed by atoms with E-state index >= 15 is 0 Å². The molecule has 1 heterocycles. The van der Waals surface area contributed by atoms with E-state index in [0.717, 1.165) is 22.1 Å². The van der Waals surface area contributed by atoms with Crippen LogP contribution in [0.4, 0.5) is 0 Å². The minimum Gasteiger partial charge on any atom is -0.464 e. The fraction of sp³-hybridized carbons (Fsp3) is 0.0588. The van der Waals surface area contributed by atoms with Crippen molar-refractivity contribution in [2.45, 2.75) is 6.42 Å². The SMILES string of the molecule is O=[N+]([O-])/C(=C/c1coc2ccccc12)Cc1ccccc1. The highest BCUT2D eigenvalue weighted by Crippen LogP contribution is 2.24. The largest absolute Gasteiger partial charge is 0.464 e. The number of rotatable bonds is 4. The van der Waals surface area contributed by atoms with Crippen molar-refractivity contribution in [3.8, 4) is 0 Å². The van der Waals surface area contributed by atoms with Crippen LogP contribution in [-0.2, 0) is 6.42 Å². The van der Waals surface area contributed by atoms with Gasteiger partial charge in [0, 0.05) is 17.0 Å². The molecule has 3 aromatic rings. The van der Waals surface area contributed by atoms with Crippen LogP contribution in [0.1, 0.15) is 11.1 Å². The summed E-state index contributed by atoms with van der Waals surface area (Å²) >= 11 is 0. The molecule has 0 unspecified atom stereocenters. The fourth-order valence-electron chi connectivity index (χ4n) is 2.26.